The maximum atomic E-state index is 10.7. The van der Waals surface area contributed by atoms with E-state index in [1.807, 2.05) is 24.3 Å². The van der Waals surface area contributed by atoms with E-state index in [0.29, 0.717) is 10.7 Å². The Balaban J connectivity index is 2.70. The van der Waals surface area contributed by atoms with Crippen molar-refractivity contribution in [2.24, 2.45) is 0 Å². The van der Waals surface area contributed by atoms with Crippen molar-refractivity contribution in [1.29, 1.82) is 0 Å². The van der Waals surface area contributed by atoms with Crippen LogP contribution in [-0.4, -0.2) is 5.91 Å². The molecule has 78 valence electrons. The molecule has 1 rings (SSSR count). The van der Waals surface area contributed by atoms with Gasteiger partial charge in [0.05, 0.1) is 0 Å². The van der Waals surface area contributed by atoms with Crippen LogP contribution in [0.3, 0.4) is 0 Å². The van der Waals surface area contributed by atoms with Crippen LogP contribution in [0.25, 0.3) is 6.08 Å². The Bertz CT molecular complexity index is 410. The summed E-state index contributed by atoms with van der Waals surface area (Å²) in [6, 6.07) is 7.46. The first-order valence-electron chi connectivity index (χ1n) is 4.48. The second-order valence-electron chi connectivity index (χ2n) is 3.06. The summed E-state index contributed by atoms with van der Waals surface area (Å²) in [5.41, 5.74) is 1.44. The zero-order chi connectivity index (χ0) is 11.3. The summed E-state index contributed by atoms with van der Waals surface area (Å²) in [7, 11) is 0. The predicted octanol–water partition coefficient (Wildman–Crippen LogP) is 3.00. The van der Waals surface area contributed by atoms with Gasteiger partial charge in [-0.1, -0.05) is 42.5 Å². The van der Waals surface area contributed by atoms with Gasteiger partial charge in [0.2, 0.25) is 5.91 Å². The quantitative estimate of drug-likeness (QED) is 0.782. The SMILES string of the molecule is C=C(/C=C/c1ccccc1Cl)NC(C)=O. The number of amides is 1. The van der Waals surface area contributed by atoms with Gasteiger partial charge in [0.1, 0.15) is 0 Å². The standard InChI is InChI=1S/C12H12ClNO/c1-9(14-10(2)15)7-8-11-5-3-4-6-12(11)13/h3-8H,1H2,2H3,(H,14,15)/b8-7+. The Labute approximate surface area is 94.3 Å². The van der Waals surface area contributed by atoms with Gasteiger partial charge in [-0.3, -0.25) is 4.79 Å². The fraction of sp³-hybridized carbons (Fsp3) is 0.0833. The molecule has 0 radical (unpaired) electrons. The van der Waals surface area contributed by atoms with Crippen LogP contribution in [0.4, 0.5) is 0 Å². The van der Waals surface area contributed by atoms with Crippen molar-refractivity contribution in [3.63, 3.8) is 0 Å². The molecule has 0 aliphatic rings. The zero-order valence-electron chi connectivity index (χ0n) is 8.46. The van der Waals surface area contributed by atoms with Gasteiger partial charge < -0.3 is 5.32 Å². The number of benzene rings is 1. The first kappa shape index (κ1) is 11.5. The lowest BCUT2D eigenvalue weighted by Crippen LogP contribution is -2.16. The minimum atomic E-state index is -0.135. The molecule has 15 heavy (non-hydrogen) atoms. The van der Waals surface area contributed by atoms with Crippen LogP contribution in [0.5, 0.6) is 0 Å². The topological polar surface area (TPSA) is 29.1 Å². The molecule has 0 atom stereocenters. The summed E-state index contributed by atoms with van der Waals surface area (Å²) in [5.74, 6) is -0.135. The molecule has 1 aromatic carbocycles. The molecular weight excluding hydrogens is 210 g/mol. The molecule has 1 N–H and O–H groups in total. The van der Waals surface area contributed by atoms with Gasteiger partial charge in [-0.25, -0.2) is 0 Å². The maximum Gasteiger partial charge on any atom is 0.221 e. The van der Waals surface area contributed by atoms with Crippen molar-refractivity contribution >= 4 is 23.6 Å². The van der Waals surface area contributed by atoms with Gasteiger partial charge in [-0.2, -0.15) is 0 Å². The fourth-order valence-corrected chi connectivity index (χ4v) is 1.27. The molecule has 0 saturated carbocycles. The Morgan fingerprint density at radius 2 is 2.13 bits per heavy atom. The normalized spacial score (nSPS) is 10.3. The fourth-order valence-electron chi connectivity index (χ4n) is 1.07. The van der Waals surface area contributed by atoms with E-state index < -0.39 is 0 Å². The number of halogens is 1. The average Bonchev–Trinajstić information content (AvgIpc) is 2.15. The Kier molecular flexibility index (Phi) is 4.13. The summed E-state index contributed by atoms with van der Waals surface area (Å²) in [4.78, 5) is 10.7. The maximum absolute atomic E-state index is 10.7. The molecule has 0 saturated heterocycles. The van der Waals surface area contributed by atoms with E-state index in [2.05, 4.69) is 11.9 Å². The number of nitrogens with one attached hydrogen (secondary N) is 1. The first-order chi connectivity index (χ1) is 7.09. The summed E-state index contributed by atoms with van der Waals surface area (Å²) in [6.07, 6.45) is 3.52. The Morgan fingerprint density at radius 3 is 2.73 bits per heavy atom. The first-order valence-corrected chi connectivity index (χ1v) is 4.86. The highest BCUT2D eigenvalue weighted by Crippen LogP contribution is 2.16. The highest BCUT2D eigenvalue weighted by molar-refractivity contribution is 6.32. The van der Waals surface area contributed by atoms with Gasteiger partial charge in [0, 0.05) is 17.6 Å². The Hall–Kier alpha value is -1.54. The molecular formula is C12H12ClNO. The van der Waals surface area contributed by atoms with Crippen molar-refractivity contribution in [3.05, 3.63) is 53.2 Å². The van der Waals surface area contributed by atoms with Crippen LogP contribution < -0.4 is 5.32 Å². The summed E-state index contributed by atoms with van der Waals surface area (Å²) < 4.78 is 0. The van der Waals surface area contributed by atoms with Crippen LogP contribution >= 0.6 is 11.6 Å². The van der Waals surface area contributed by atoms with Gasteiger partial charge in [-0.05, 0) is 17.7 Å². The number of allylic oxidation sites excluding steroid dienone is 1. The number of hydrogen-bond acceptors (Lipinski definition) is 1. The summed E-state index contributed by atoms with van der Waals surface area (Å²) in [6.45, 7) is 5.12. The minimum Gasteiger partial charge on any atom is -0.327 e. The molecule has 1 amide bonds. The predicted molar refractivity (Wildman–Crippen MR) is 63.4 cm³/mol. The third-order valence-electron chi connectivity index (χ3n) is 1.71. The van der Waals surface area contributed by atoms with Gasteiger partial charge in [0.15, 0.2) is 0 Å². The third kappa shape index (κ3) is 4.00. The van der Waals surface area contributed by atoms with E-state index in [-0.39, 0.29) is 5.91 Å². The van der Waals surface area contributed by atoms with Gasteiger partial charge in [0.25, 0.3) is 0 Å². The molecule has 0 bridgehead atoms. The second-order valence-corrected chi connectivity index (χ2v) is 3.47. The van der Waals surface area contributed by atoms with Crippen LogP contribution in [-0.2, 0) is 4.79 Å². The van der Waals surface area contributed by atoms with Crippen molar-refractivity contribution in [3.8, 4) is 0 Å². The summed E-state index contributed by atoms with van der Waals surface area (Å²) in [5, 5.41) is 3.24. The third-order valence-corrected chi connectivity index (χ3v) is 2.05. The summed E-state index contributed by atoms with van der Waals surface area (Å²) >= 11 is 5.95. The number of rotatable bonds is 3. The van der Waals surface area contributed by atoms with Crippen LogP contribution in [0.2, 0.25) is 5.02 Å². The number of hydrogen-bond donors (Lipinski definition) is 1. The van der Waals surface area contributed by atoms with Crippen LogP contribution in [0.15, 0.2) is 42.6 Å². The average molecular weight is 222 g/mol. The minimum absolute atomic E-state index is 0.135. The van der Waals surface area contributed by atoms with Crippen molar-refractivity contribution in [1.82, 2.24) is 5.32 Å². The van der Waals surface area contributed by atoms with Crippen molar-refractivity contribution in [2.75, 3.05) is 0 Å². The number of carbonyl (C=O) groups is 1. The molecule has 0 unspecified atom stereocenters. The highest BCUT2D eigenvalue weighted by Gasteiger charge is 1.94. The van der Waals surface area contributed by atoms with Gasteiger partial charge >= 0.3 is 0 Å². The molecule has 0 aliphatic carbocycles. The zero-order valence-corrected chi connectivity index (χ0v) is 9.21. The lowest BCUT2D eigenvalue weighted by molar-refractivity contribution is -0.118. The van der Waals surface area contributed by atoms with Crippen LogP contribution in [0.1, 0.15) is 12.5 Å². The van der Waals surface area contributed by atoms with Gasteiger partial charge in [-0.15, -0.1) is 0 Å². The molecule has 0 fully saturated rings. The molecule has 0 spiro atoms. The molecule has 3 heteroatoms. The van der Waals surface area contributed by atoms with E-state index in [1.165, 1.54) is 6.92 Å². The highest BCUT2D eigenvalue weighted by atomic mass is 35.5. The molecule has 0 heterocycles. The van der Waals surface area contributed by atoms with E-state index in [4.69, 9.17) is 11.6 Å². The second kappa shape index (κ2) is 5.37. The van der Waals surface area contributed by atoms with E-state index in [1.54, 1.807) is 12.2 Å². The Morgan fingerprint density at radius 1 is 1.47 bits per heavy atom. The van der Waals surface area contributed by atoms with Crippen molar-refractivity contribution < 1.29 is 4.79 Å². The molecule has 2 nitrogen and oxygen atoms in total. The number of carbonyl (C=O) groups excluding carboxylic acids is 1. The molecule has 0 aliphatic heterocycles. The lowest BCUT2D eigenvalue weighted by Gasteiger charge is -2.00. The van der Waals surface area contributed by atoms with E-state index in [0.717, 1.165) is 5.56 Å². The molecule has 0 aromatic heterocycles. The lowest BCUT2D eigenvalue weighted by atomic mass is 10.2. The largest absolute Gasteiger partial charge is 0.327 e. The smallest absolute Gasteiger partial charge is 0.221 e. The van der Waals surface area contributed by atoms with E-state index >= 15 is 0 Å². The van der Waals surface area contributed by atoms with E-state index in [9.17, 15) is 4.79 Å². The van der Waals surface area contributed by atoms with Crippen molar-refractivity contribution in [2.45, 2.75) is 6.92 Å². The molecule has 1 aromatic rings. The monoisotopic (exact) mass is 221 g/mol. The van der Waals surface area contributed by atoms with Crippen LogP contribution in [0, 0.1) is 0 Å².